The molecule has 1 amide bonds. The minimum atomic E-state index is -1.70. The molecule has 0 aliphatic rings. The van der Waals surface area contributed by atoms with E-state index in [4.69, 9.17) is 14.3 Å². The lowest BCUT2D eigenvalue weighted by Crippen LogP contribution is -2.21. The van der Waals surface area contributed by atoms with Crippen molar-refractivity contribution in [1.82, 2.24) is 0 Å². The van der Waals surface area contributed by atoms with Gasteiger partial charge in [-0.3, -0.25) is 9.00 Å². The second-order valence-corrected chi connectivity index (χ2v) is 8.07. The maximum absolute atomic E-state index is 12.3. The molecule has 2 N–H and O–H groups in total. The number of carboxylic acid groups (broad SMARTS) is 1. The standard InChI is InChI=1S/C17H17NO9S2/c1-8-12(16(22)25-2)14(28-13(8)17(23)26-3)18-11(19)7-29(24)6-9-4-5-10(27-9)15(20)21/h4-5H,6-7H2,1-3H3,(H,18,19)(H,20,21). The Balaban J connectivity index is 2.12. The first kappa shape index (κ1) is 22.3. The van der Waals surface area contributed by atoms with E-state index in [1.54, 1.807) is 0 Å². The van der Waals surface area contributed by atoms with Crippen molar-refractivity contribution >= 4 is 51.0 Å². The van der Waals surface area contributed by atoms with E-state index in [-0.39, 0.29) is 32.7 Å². The first-order valence-corrected chi connectivity index (χ1v) is 10.2. The summed E-state index contributed by atoms with van der Waals surface area (Å²) in [6.07, 6.45) is 0. The second-order valence-electron chi connectivity index (χ2n) is 5.59. The van der Waals surface area contributed by atoms with Crippen molar-refractivity contribution < 1.29 is 42.4 Å². The van der Waals surface area contributed by atoms with Gasteiger partial charge in [0.15, 0.2) is 0 Å². The van der Waals surface area contributed by atoms with Gasteiger partial charge in [0.2, 0.25) is 11.7 Å². The Morgan fingerprint density at radius 2 is 1.83 bits per heavy atom. The number of furan rings is 1. The summed E-state index contributed by atoms with van der Waals surface area (Å²) in [5.41, 5.74) is 0.302. The Morgan fingerprint density at radius 3 is 2.38 bits per heavy atom. The molecule has 1 atom stereocenters. The molecular formula is C17H17NO9S2. The third-order valence-electron chi connectivity index (χ3n) is 3.63. The maximum atomic E-state index is 12.3. The molecule has 0 bridgehead atoms. The molecule has 29 heavy (non-hydrogen) atoms. The van der Waals surface area contributed by atoms with Crippen LogP contribution in [0.1, 0.15) is 41.9 Å². The highest BCUT2D eigenvalue weighted by atomic mass is 32.2. The first-order chi connectivity index (χ1) is 13.7. The first-order valence-electron chi connectivity index (χ1n) is 7.94. The van der Waals surface area contributed by atoms with Crippen LogP contribution in [0.15, 0.2) is 16.5 Å². The van der Waals surface area contributed by atoms with E-state index in [1.165, 1.54) is 26.2 Å². The molecule has 0 aliphatic heterocycles. The summed E-state index contributed by atoms with van der Waals surface area (Å²) in [4.78, 5) is 47.1. The van der Waals surface area contributed by atoms with Gasteiger partial charge in [-0.1, -0.05) is 0 Å². The molecule has 2 heterocycles. The van der Waals surface area contributed by atoms with Gasteiger partial charge >= 0.3 is 17.9 Å². The summed E-state index contributed by atoms with van der Waals surface area (Å²) < 4.78 is 26.5. The van der Waals surface area contributed by atoms with Gasteiger partial charge in [0.1, 0.15) is 21.4 Å². The van der Waals surface area contributed by atoms with Crippen LogP contribution in [0.25, 0.3) is 0 Å². The van der Waals surface area contributed by atoms with Crippen LogP contribution in [0.2, 0.25) is 0 Å². The highest BCUT2D eigenvalue weighted by Gasteiger charge is 2.27. The smallest absolute Gasteiger partial charge is 0.371 e. The van der Waals surface area contributed by atoms with Crippen molar-refractivity contribution in [2.75, 3.05) is 25.3 Å². The fourth-order valence-corrected chi connectivity index (χ4v) is 4.39. The Bertz CT molecular complexity index is 989. The van der Waals surface area contributed by atoms with E-state index in [0.29, 0.717) is 5.56 Å². The Morgan fingerprint density at radius 1 is 1.17 bits per heavy atom. The quantitative estimate of drug-likeness (QED) is 0.582. The van der Waals surface area contributed by atoms with Gasteiger partial charge in [-0.15, -0.1) is 11.3 Å². The van der Waals surface area contributed by atoms with E-state index in [0.717, 1.165) is 18.4 Å². The molecule has 0 aliphatic carbocycles. The van der Waals surface area contributed by atoms with Gasteiger partial charge in [-0.2, -0.15) is 0 Å². The molecule has 2 rings (SSSR count). The number of hydrogen-bond donors (Lipinski definition) is 2. The largest absolute Gasteiger partial charge is 0.475 e. The van der Waals surface area contributed by atoms with Crippen molar-refractivity contribution in [3.8, 4) is 0 Å². The van der Waals surface area contributed by atoms with Crippen LogP contribution in [0.4, 0.5) is 5.00 Å². The van der Waals surface area contributed by atoms with Crippen molar-refractivity contribution in [3.63, 3.8) is 0 Å². The zero-order valence-electron chi connectivity index (χ0n) is 15.6. The third-order valence-corrected chi connectivity index (χ3v) is 6.01. The van der Waals surface area contributed by atoms with E-state index >= 15 is 0 Å². The topological polar surface area (TPSA) is 149 Å². The van der Waals surface area contributed by atoms with Crippen LogP contribution < -0.4 is 5.32 Å². The highest BCUT2D eigenvalue weighted by Crippen LogP contribution is 2.34. The molecule has 0 radical (unpaired) electrons. The van der Waals surface area contributed by atoms with Gasteiger partial charge in [0, 0.05) is 10.8 Å². The SMILES string of the molecule is COC(=O)c1sc(NC(=O)CS(=O)Cc2ccc(C(=O)O)o2)c(C(=O)OC)c1C. The number of aromatic carboxylic acids is 1. The van der Waals surface area contributed by atoms with Crippen LogP contribution in [-0.2, 0) is 30.8 Å². The Kier molecular flexibility index (Phi) is 7.29. The number of carbonyl (C=O) groups excluding carboxylic acids is 3. The number of anilines is 1. The summed E-state index contributed by atoms with van der Waals surface area (Å²) in [7, 11) is 0.640. The number of carbonyl (C=O) groups is 4. The van der Waals surface area contributed by atoms with E-state index < -0.39 is 40.4 Å². The fourth-order valence-electron chi connectivity index (χ4n) is 2.33. The zero-order valence-corrected chi connectivity index (χ0v) is 17.2. The van der Waals surface area contributed by atoms with Crippen molar-refractivity contribution in [2.24, 2.45) is 0 Å². The lowest BCUT2D eigenvalue weighted by Gasteiger charge is -2.06. The van der Waals surface area contributed by atoms with E-state index in [9.17, 15) is 23.4 Å². The lowest BCUT2D eigenvalue weighted by molar-refractivity contribution is -0.113. The van der Waals surface area contributed by atoms with Crippen molar-refractivity contribution in [2.45, 2.75) is 12.7 Å². The highest BCUT2D eigenvalue weighted by molar-refractivity contribution is 7.84. The molecular weight excluding hydrogens is 426 g/mol. The summed E-state index contributed by atoms with van der Waals surface area (Å²) >= 11 is 0.838. The van der Waals surface area contributed by atoms with Gasteiger partial charge in [-0.25, -0.2) is 14.4 Å². The van der Waals surface area contributed by atoms with E-state index in [2.05, 4.69) is 10.1 Å². The minimum absolute atomic E-state index is 0.00849. The summed E-state index contributed by atoms with van der Waals surface area (Å²) in [5.74, 6) is -4.09. The van der Waals surface area contributed by atoms with Crippen molar-refractivity contribution in [1.29, 1.82) is 0 Å². The molecule has 1 unspecified atom stereocenters. The number of amides is 1. The average molecular weight is 443 g/mol. The average Bonchev–Trinajstić information content (AvgIpc) is 3.25. The number of hydrogen-bond acceptors (Lipinski definition) is 9. The van der Waals surface area contributed by atoms with Gasteiger partial charge < -0.3 is 24.3 Å². The maximum Gasteiger partial charge on any atom is 0.371 e. The Hall–Kier alpha value is -2.99. The number of carboxylic acids is 1. The van der Waals surface area contributed by atoms with Crippen LogP contribution in [0.5, 0.6) is 0 Å². The molecule has 0 saturated heterocycles. The number of ether oxygens (including phenoxy) is 2. The van der Waals surface area contributed by atoms with Crippen LogP contribution >= 0.6 is 11.3 Å². The Labute approximate surface area is 171 Å². The summed E-state index contributed by atoms with van der Waals surface area (Å²) in [6.45, 7) is 1.51. The van der Waals surface area contributed by atoms with E-state index in [1.807, 2.05) is 0 Å². The number of nitrogens with one attached hydrogen (secondary N) is 1. The van der Waals surface area contributed by atoms with Gasteiger partial charge in [-0.05, 0) is 24.6 Å². The normalized spacial score (nSPS) is 11.6. The number of esters is 2. The van der Waals surface area contributed by atoms with Gasteiger partial charge in [0.25, 0.3) is 0 Å². The molecule has 10 nitrogen and oxygen atoms in total. The molecule has 0 fully saturated rings. The molecule has 0 spiro atoms. The van der Waals surface area contributed by atoms with Crippen molar-refractivity contribution in [3.05, 3.63) is 39.7 Å². The van der Waals surface area contributed by atoms with Crippen LogP contribution in [0.3, 0.4) is 0 Å². The molecule has 0 saturated carbocycles. The fraction of sp³-hybridized carbons (Fsp3) is 0.294. The lowest BCUT2D eigenvalue weighted by atomic mass is 10.1. The minimum Gasteiger partial charge on any atom is -0.475 e. The molecule has 156 valence electrons. The zero-order chi connectivity index (χ0) is 21.7. The molecule has 2 aromatic heterocycles. The van der Waals surface area contributed by atoms with Crippen LogP contribution in [-0.4, -0.2) is 53.1 Å². The molecule has 12 heteroatoms. The third kappa shape index (κ3) is 5.29. The molecule has 0 aromatic carbocycles. The predicted molar refractivity (Wildman–Crippen MR) is 103 cm³/mol. The van der Waals surface area contributed by atoms with Crippen LogP contribution in [0, 0.1) is 6.92 Å². The summed E-state index contributed by atoms with van der Waals surface area (Å²) in [6, 6.07) is 2.58. The molecule has 2 aromatic rings. The second kappa shape index (κ2) is 9.47. The van der Waals surface area contributed by atoms with Gasteiger partial charge in [0.05, 0.1) is 25.5 Å². The number of methoxy groups -OCH3 is 2. The number of rotatable bonds is 8. The number of thiophene rings is 1. The summed E-state index contributed by atoms with van der Waals surface area (Å²) in [5, 5.41) is 11.3. The monoisotopic (exact) mass is 443 g/mol. The predicted octanol–water partition coefficient (Wildman–Crippen LogP) is 1.81.